The second-order valence-corrected chi connectivity index (χ2v) is 9.91. The van der Waals surface area contributed by atoms with Crippen LogP contribution in [0.15, 0.2) is 46.2 Å². The summed E-state index contributed by atoms with van der Waals surface area (Å²) >= 11 is 13.1. The number of sulfone groups is 1. The highest BCUT2D eigenvalue weighted by Gasteiger charge is 2.17. The van der Waals surface area contributed by atoms with Crippen LogP contribution in [0, 0.1) is 30.7 Å². The second kappa shape index (κ2) is 10.2. The molecule has 0 N–H and O–H groups in total. The number of benzene rings is 2. The third-order valence-corrected chi connectivity index (χ3v) is 7.05. The minimum absolute atomic E-state index is 0.0330. The van der Waals surface area contributed by atoms with Gasteiger partial charge in [0.2, 0.25) is 9.84 Å². The number of nitro benzene ring substituents is 2. The molecular formula is C16H10Cl2N2O6S3. The Morgan fingerprint density at radius 1 is 0.931 bits per heavy atom. The minimum Gasteiger partial charge on any atom is -0.258 e. The van der Waals surface area contributed by atoms with Crippen molar-refractivity contribution in [3.63, 3.8) is 0 Å². The van der Waals surface area contributed by atoms with Gasteiger partial charge < -0.3 is 0 Å². The molecule has 8 nitrogen and oxygen atoms in total. The van der Waals surface area contributed by atoms with Crippen molar-refractivity contribution in [1.29, 1.82) is 0 Å². The van der Waals surface area contributed by atoms with Crippen molar-refractivity contribution >= 4 is 67.9 Å². The molecule has 0 unspecified atom stereocenters. The zero-order valence-corrected chi connectivity index (χ0v) is 18.2. The Morgan fingerprint density at radius 2 is 1.45 bits per heavy atom. The molecule has 0 aromatic heterocycles. The standard InChI is InChI=1S/C16H10Cl2N2O6S3/c17-11-1-3-15(13(9-11)19(21)22)27-5-7-29(25,26)8-6-28-16-4-2-12(18)10-14(16)20(23)24/h1-4,9-10H,5,7H2. The average Bonchev–Trinajstić information content (AvgIpc) is 2.63. The summed E-state index contributed by atoms with van der Waals surface area (Å²) in [6.45, 7) is 0. The van der Waals surface area contributed by atoms with Crippen LogP contribution in [0.2, 0.25) is 10.0 Å². The summed E-state index contributed by atoms with van der Waals surface area (Å²) < 4.78 is 24.1. The lowest BCUT2D eigenvalue weighted by atomic mass is 10.3. The van der Waals surface area contributed by atoms with E-state index >= 15 is 0 Å². The van der Waals surface area contributed by atoms with E-state index in [1.54, 1.807) is 0 Å². The number of hydrogen-bond acceptors (Lipinski definition) is 8. The number of nitro groups is 2. The first-order valence-electron chi connectivity index (χ1n) is 7.51. The van der Waals surface area contributed by atoms with Crippen LogP contribution in [0.5, 0.6) is 0 Å². The fourth-order valence-electron chi connectivity index (χ4n) is 1.93. The van der Waals surface area contributed by atoms with Crippen LogP contribution >= 0.6 is 46.7 Å². The molecule has 0 atom stereocenters. The topological polar surface area (TPSA) is 120 Å². The van der Waals surface area contributed by atoms with Crippen LogP contribution in [0.3, 0.4) is 0 Å². The lowest BCUT2D eigenvalue weighted by Crippen LogP contribution is -2.05. The van der Waals surface area contributed by atoms with Crippen molar-refractivity contribution in [3.8, 4) is 10.5 Å². The third-order valence-electron chi connectivity index (χ3n) is 3.20. The number of hydrogen-bond donors (Lipinski definition) is 0. The van der Waals surface area contributed by atoms with Gasteiger partial charge in [-0.25, -0.2) is 8.42 Å². The molecule has 0 fully saturated rings. The predicted octanol–water partition coefficient (Wildman–Crippen LogP) is 5.03. The zero-order chi connectivity index (χ0) is 21.6. The smallest absolute Gasteiger partial charge is 0.258 e. The van der Waals surface area contributed by atoms with E-state index in [9.17, 15) is 28.6 Å². The van der Waals surface area contributed by atoms with Crippen molar-refractivity contribution in [3.05, 3.63) is 66.7 Å². The maximum atomic E-state index is 12.0. The largest absolute Gasteiger partial charge is 0.285 e. The van der Waals surface area contributed by atoms with Gasteiger partial charge in [-0.1, -0.05) is 23.2 Å². The van der Waals surface area contributed by atoms with Crippen molar-refractivity contribution in [1.82, 2.24) is 0 Å². The van der Waals surface area contributed by atoms with Crippen molar-refractivity contribution in [2.45, 2.75) is 9.79 Å². The molecule has 0 aliphatic heterocycles. The highest BCUT2D eigenvalue weighted by molar-refractivity contribution is 8.05. The maximum absolute atomic E-state index is 12.0. The first-order valence-corrected chi connectivity index (χ1v) is 11.7. The maximum Gasteiger partial charge on any atom is 0.285 e. The molecule has 0 aliphatic carbocycles. The van der Waals surface area contributed by atoms with Crippen LogP contribution in [-0.4, -0.2) is 29.8 Å². The molecule has 0 spiro atoms. The zero-order valence-electron chi connectivity index (χ0n) is 14.2. The van der Waals surface area contributed by atoms with Crippen molar-refractivity contribution < 1.29 is 18.3 Å². The van der Waals surface area contributed by atoms with Crippen molar-refractivity contribution in [2.24, 2.45) is 0 Å². The summed E-state index contributed by atoms with van der Waals surface area (Å²) in [6.07, 6.45) is 0. The Kier molecular flexibility index (Phi) is 8.18. The van der Waals surface area contributed by atoms with Gasteiger partial charge in [0.1, 0.15) is 0 Å². The van der Waals surface area contributed by atoms with Crippen LogP contribution in [0.1, 0.15) is 0 Å². The Hall–Kier alpha value is -1.97. The molecule has 2 aromatic rings. The summed E-state index contributed by atoms with van der Waals surface area (Å²) in [4.78, 5) is 21.3. The van der Waals surface area contributed by atoms with Gasteiger partial charge in [-0.15, -0.1) is 11.8 Å². The quantitative estimate of drug-likeness (QED) is 0.228. The molecule has 0 radical (unpaired) electrons. The summed E-state index contributed by atoms with van der Waals surface area (Å²) in [5.41, 5.74) is -0.489. The van der Waals surface area contributed by atoms with Gasteiger partial charge in [0, 0.05) is 33.2 Å². The van der Waals surface area contributed by atoms with Gasteiger partial charge in [-0.05, 0) is 41.3 Å². The number of halogens is 2. The van der Waals surface area contributed by atoms with E-state index in [0.29, 0.717) is 11.8 Å². The SMILES string of the molecule is O=[N+]([O-])c1cc(Cl)ccc1SC#CS(=O)(=O)CCSc1ccc(Cl)cc1[N+](=O)[O-]. The first-order chi connectivity index (χ1) is 13.6. The highest BCUT2D eigenvalue weighted by Crippen LogP contribution is 2.32. The van der Waals surface area contributed by atoms with Crippen LogP contribution in [0.25, 0.3) is 0 Å². The molecule has 0 bridgehead atoms. The lowest BCUT2D eigenvalue weighted by Gasteiger charge is -2.02. The third kappa shape index (κ3) is 7.09. The number of thioether (sulfide) groups is 2. The molecule has 2 rings (SSSR count). The van der Waals surface area contributed by atoms with E-state index in [4.69, 9.17) is 23.2 Å². The molecule has 0 saturated carbocycles. The molecule has 2 aromatic carbocycles. The normalized spacial score (nSPS) is 10.8. The fraction of sp³-hybridized carbons (Fsp3) is 0.125. The fourth-order valence-corrected chi connectivity index (χ4v) is 5.40. The molecule has 0 heterocycles. The van der Waals surface area contributed by atoms with Gasteiger partial charge in [0.15, 0.2) is 0 Å². The van der Waals surface area contributed by atoms with Gasteiger partial charge in [-0.2, -0.15) is 0 Å². The van der Waals surface area contributed by atoms with Crippen LogP contribution < -0.4 is 0 Å². The minimum atomic E-state index is -3.80. The molecule has 152 valence electrons. The first kappa shape index (κ1) is 23.3. The Labute approximate surface area is 184 Å². The van der Waals surface area contributed by atoms with Crippen LogP contribution in [-0.2, 0) is 9.84 Å². The molecule has 0 amide bonds. The highest BCUT2D eigenvalue weighted by atomic mass is 35.5. The van der Waals surface area contributed by atoms with Crippen LogP contribution in [0.4, 0.5) is 11.4 Å². The van der Waals surface area contributed by atoms with E-state index in [-0.39, 0.29) is 42.7 Å². The Morgan fingerprint density at radius 3 is 2.00 bits per heavy atom. The van der Waals surface area contributed by atoms with Gasteiger partial charge in [-0.3, -0.25) is 20.2 Å². The van der Waals surface area contributed by atoms with E-state index in [1.165, 1.54) is 30.3 Å². The number of nitrogens with zero attached hydrogens (tertiary/aromatic N) is 2. The molecule has 13 heteroatoms. The van der Waals surface area contributed by atoms with Gasteiger partial charge >= 0.3 is 0 Å². The number of rotatable bonds is 7. The molecular weight excluding hydrogens is 483 g/mol. The van der Waals surface area contributed by atoms with E-state index < -0.39 is 19.7 Å². The molecule has 0 saturated heterocycles. The van der Waals surface area contributed by atoms with Gasteiger partial charge in [0.25, 0.3) is 11.4 Å². The second-order valence-electron chi connectivity index (χ2n) is 5.21. The Balaban J connectivity index is 2.03. The van der Waals surface area contributed by atoms with Crippen molar-refractivity contribution in [2.75, 3.05) is 11.5 Å². The summed E-state index contributed by atoms with van der Waals surface area (Å²) in [6, 6.07) is 8.06. The molecule has 0 aliphatic rings. The Bertz CT molecular complexity index is 1130. The van der Waals surface area contributed by atoms with E-state index in [2.05, 4.69) is 10.5 Å². The summed E-state index contributed by atoms with van der Waals surface area (Å²) in [5, 5.41) is 26.9. The van der Waals surface area contributed by atoms with E-state index in [1.807, 2.05) is 0 Å². The summed E-state index contributed by atoms with van der Waals surface area (Å²) in [7, 11) is -3.80. The molecule has 29 heavy (non-hydrogen) atoms. The summed E-state index contributed by atoms with van der Waals surface area (Å²) in [5.74, 6) is -0.320. The lowest BCUT2D eigenvalue weighted by molar-refractivity contribution is -0.387. The average molecular weight is 493 g/mol. The van der Waals surface area contributed by atoms with Gasteiger partial charge in [0.05, 0.1) is 25.4 Å². The van der Waals surface area contributed by atoms with E-state index in [0.717, 1.165) is 17.8 Å². The predicted molar refractivity (Wildman–Crippen MR) is 114 cm³/mol. The monoisotopic (exact) mass is 492 g/mol.